The van der Waals surface area contributed by atoms with E-state index in [2.05, 4.69) is 22.3 Å². The molecule has 3 rings (SSSR count). The second kappa shape index (κ2) is 4.27. The number of nitrogens with one attached hydrogen (secondary N) is 1. The van der Waals surface area contributed by atoms with Crippen molar-refractivity contribution in [3.8, 4) is 0 Å². The summed E-state index contributed by atoms with van der Waals surface area (Å²) in [5, 5.41) is 4.27. The Morgan fingerprint density at radius 1 is 1.38 bits per heavy atom. The summed E-state index contributed by atoms with van der Waals surface area (Å²) in [7, 11) is 0. The first kappa shape index (κ1) is 10.4. The van der Waals surface area contributed by atoms with E-state index in [1.165, 1.54) is 43.7 Å². The van der Waals surface area contributed by atoms with Gasteiger partial charge in [0.2, 0.25) is 0 Å². The smallest absolute Gasteiger partial charge is 0.0426 e. The molecule has 1 aromatic rings. The molecule has 0 saturated carbocycles. The van der Waals surface area contributed by atoms with Crippen molar-refractivity contribution < 1.29 is 0 Å². The molecule has 1 fully saturated rings. The summed E-state index contributed by atoms with van der Waals surface area (Å²) in [6, 6.07) is 6.25. The number of nitrogens with zero attached hydrogens (tertiary/aromatic N) is 1. The van der Waals surface area contributed by atoms with Crippen molar-refractivity contribution in [3.05, 3.63) is 28.8 Å². The second-order valence-electron chi connectivity index (χ2n) is 4.80. The molecular weight excluding hydrogens is 220 g/mol. The average Bonchev–Trinajstić information content (AvgIpc) is 2.23. The van der Waals surface area contributed by atoms with Gasteiger partial charge in [-0.2, -0.15) is 0 Å². The van der Waals surface area contributed by atoms with Crippen molar-refractivity contribution in [1.82, 2.24) is 4.90 Å². The largest absolute Gasteiger partial charge is 0.385 e. The predicted molar refractivity (Wildman–Crippen MR) is 68.4 cm³/mol. The number of benzene rings is 1. The van der Waals surface area contributed by atoms with Crippen molar-refractivity contribution in [2.75, 3.05) is 31.5 Å². The molecule has 0 aromatic heterocycles. The van der Waals surface area contributed by atoms with E-state index >= 15 is 0 Å². The Hall–Kier alpha value is -0.730. The number of fused-ring (bicyclic) bond motifs is 1. The van der Waals surface area contributed by atoms with Crippen molar-refractivity contribution >= 4 is 17.3 Å². The van der Waals surface area contributed by atoms with E-state index in [-0.39, 0.29) is 0 Å². The molecule has 2 nitrogen and oxygen atoms in total. The summed E-state index contributed by atoms with van der Waals surface area (Å²) in [6.45, 7) is 4.86. The van der Waals surface area contributed by atoms with E-state index in [1.807, 2.05) is 6.07 Å². The first-order valence-corrected chi connectivity index (χ1v) is 6.46. The monoisotopic (exact) mass is 236 g/mol. The normalized spacial score (nSPS) is 24.4. The van der Waals surface area contributed by atoms with Crippen LogP contribution in [-0.2, 0) is 0 Å². The lowest BCUT2D eigenvalue weighted by atomic mass is 9.90. The van der Waals surface area contributed by atoms with Crippen molar-refractivity contribution in [2.45, 2.75) is 18.8 Å². The number of anilines is 1. The van der Waals surface area contributed by atoms with Crippen LogP contribution in [0.4, 0.5) is 5.69 Å². The van der Waals surface area contributed by atoms with Crippen LogP contribution in [0, 0.1) is 0 Å². The fourth-order valence-corrected chi connectivity index (χ4v) is 2.81. The van der Waals surface area contributed by atoms with Crippen LogP contribution in [0.3, 0.4) is 0 Å². The maximum absolute atomic E-state index is 6.02. The van der Waals surface area contributed by atoms with E-state index in [9.17, 15) is 0 Å². The molecule has 2 aliphatic heterocycles. The van der Waals surface area contributed by atoms with E-state index in [4.69, 9.17) is 11.6 Å². The molecule has 0 radical (unpaired) electrons. The first-order valence-electron chi connectivity index (χ1n) is 6.08. The van der Waals surface area contributed by atoms with Crippen LogP contribution in [-0.4, -0.2) is 31.1 Å². The summed E-state index contributed by atoms with van der Waals surface area (Å²) < 4.78 is 0. The highest BCUT2D eigenvalue weighted by Gasteiger charge is 2.24. The maximum Gasteiger partial charge on any atom is 0.0426 e. The van der Waals surface area contributed by atoms with Gasteiger partial charge in [0.15, 0.2) is 0 Å². The third-order valence-corrected chi connectivity index (χ3v) is 3.93. The molecule has 0 spiro atoms. The van der Waals surface area contributed by atoms with E-state index < -0.39 is 0 Å². The van der Waals surface area contributed by atoms with Gasteiger partial charge in [0, 0.05) is 29.7 Å². The zero-order valence-corrected chi connectivity index (χ0v) is 10.1. The Kier molecular flexibility index (Phi) is 2.78. The molecule has 3 heteroatoms. The lowest BCUT2D eigenvalue weighted by Gasteiger charge is -2.36. The third-order valence-electron chi connectivity index (χ3n) is 3.69. The molecule has 1 N–H and O–H groups in total. The molecule has 2 aliphatic rings. The molecule has 2 heterocycles. The zero-order valence-electron chi connectivity index (χ0n) is 9.38. The lowest BCUT2D eigenvalue weighted by molar-refractivity contribution is 0.167. The summed E-state index contributed by atoms with van der Waals surface area (Å²) in [5.74, 6) is 0.689. The van der Waals surface area contributed by atoms with Gasteiger partial charge in [0.05, 0.1) is 0 Å². The van der Waals surface area contributed by atoms with Gasteiger partial charge in [-0.3, -0.25) is 0 Å². The van der Waals surface area contributed by atoms with E-state index in [0.29, 0.717) is 5.92 Å². The van der Waals surface area contributed by atoms with Crippen LogP contribution in [0.2, 0.25) is 5.02 Å². The average molecular weight is 237 g/mol. The van der Waals surface area contributed by atoms with Crippen molar-refractivity contribution in [2.24, 2.45) is 0 Å². The number of halogens is 1. The molecule has 1 unspecified atom stereocenters. The number of rotatable bonds is 2. The van der Waals surface area contributed by atoms with Crippen LogP contribution in [0.25, 0.3) is 0 Å². The predicted octanol–water partition coefficient (Wildman–Crippen LogP) is 2.94. The molecular formula is C13H17ClN2. The zero-order chi connectivity index (χ0) is 11.0. The summed E-state index contributed by atoms with van der Waals surface area (Å²) >= 11 is 6.02. The van der Waals surface area contributed by atoms with Crippen LogP contribution >= 0.6 is 11.6 Å². The summed E-state index contributed by atoms with van der Waals surface area (Å²) in [6.07, 6.45) is 2.61. The SMILES string of the molecule is Clc1ccc2c(c1)NCCC2CN1CCC1. The van der Waals surface area contributed by atoms with Gasteiger partial charge < -0.3 is 10.2 Å². The van der Waals surface area contributed by atoms with Gasteiger partial charge in [0.25, 0.3) is 0 Å². The van der Waals surface area contributed by atoms with Crippen LogP contribution < -0.4 is 5.32 Å². The molecule has 86 valence electrons. The van der Waals surface area contributed by atoms with E-state index in [1.54, 1.807) is 0 Å². The number of likely N-dealkylation sites (tertiary alicyclic amines) is 1. The lowest BCUT2D eigenvalue weighted by Crippen LogP contribution is -2.40. The molecule has 1 saturated heterocycles. The Bertz CT molecular complexity index is 388. The second-order valence-corrected chi connectivity index (χ2v) is 5.23. The summed E-state index contributed by atoms with van der Waals surface area (Å²) in [4.78, 5) is 2.55. The standard InChI is InChI=1S/C13H17ClN2/c14-11-2-3-12-10(9-16-6-1-7-16)4-5-15-13(12)8-11/h2-3,8,10,15H,1,4-7,9H2. The van der Waals surface area contributed by atoms with Gasteiger partial charge in [-0.25, -0.2) is 0 Å². The number of hydrogen-bond donors (Lipinski definition) is 1. The highest BCUT2D eigenvalue weighted by atomic mass is 35.5. The molecule has 0 amide bonds. The first-order chi connectivity index (χ1) is 7.83. The molecule has 0 bridgehead atoms. The quantitative estimate of drug-likeness (QED) is 0.850. The van der Waals surface area contributed by atoms with Gasteiger partial charge in [-0.15, -0.1) is 0 Å². The van der Waals surface area contributed by atoms with Crippen LogP contribution in [0.15, 0.2) is 18.2 Å². The van der Waals surface area contributed by atoms with Gasteiger partial charge in [-0.05, 0) is 43.6 Å². The number of hydrogen-bond acceptors (Lipinski definition) is 2. The summed E-state index contributed by atoms with van der Waals surface area (Å²) in [5.41, 5.74) is 2.69. The van der Waals surface area contributed by atoms with Gasteiger partial charge in [0.1, 0.15) is 0 Å². The molecule has 1 atom stereocenters. The molecule has 0 aliphatic carbocycles. The fourth-order valence-electron chi connectivity index (χ4n) is 2.64. The van der Waals surface area contributed by atoms with Crippen LogP contribution in [0.1, 0.15) is 24.3 Å². The minimum atomic E-state index is 0.689. The highest BCUT2D eigenvalue weighted by molar-refractivity contribution is 6.30. The van der Waals surface area contributed by atoms with Gasteiger partial charge in [-0.1, -0.05) is 17.7 Å². The Labute approximate surface area is 102 Å². The maximum atomic E-state index is 6.02. The Morgan fingerprint density at radius 3 is 3.00 bits per heavy atom. The fraction of sp³-hybridized carbons (Fsp3) is 0.538. The highest BCUT2D eigenvalue weighted by Crippen LogP contribution is 2.34. The van der Waals surface area contributed by atoms with Crippen molar-refractivity contribution in [3.63, 3.8) is 0 Å². The molecule has 16 heavy (non-hydrogen) atoms. The van der Waals surface area contributed by atoms with Gasteiger partial charge >= 0.3 is 0 Å². The van der Waals surface area contributed by atoms with Crippen molar-refractivity contribution in [1.29, 1.82) is 0 Å². The third kappa shape index (κ3) is 1.92. The topological polar surface area (TPSA) is 15.3 Å². The Balaban J connectivity index is 1.81. The minimum Gasteiger partial charge on any atom is -0.385 e. The van der Waals surface area contributed by atoms with Crippen LogP contribution in [0.5, 0.6) is 0 Å². The molecule has 1 aromatic carbocycles. The van der Waals surface area contributed by atoms with E-state index in [0.717, 1.165) is 11.6 Å². The Morgan fingerprint density at radius 2 is 2.25 bits per heavy atom. The minimum absolute atomic E-state index is 0.689.